The Bertz CT molecular complexity index is 2210. The molecule has 4 nitrogen and oxygen atoms in total. The molecule has 2 heterocycles. The van der Waals surface area contributed by atoms with Crippen LogP contribution in [0.15, 0.2) is 156 Å². The van der Waals surface area contributed by atoms with Crippen LogP contribution in [0.1, 0.15) is 44.5 Å². The molecule has 7 rings (SSSR count). The van der Waals surface area contributed by atoms with Crippen LogP contribution < -0.4 is 10.7 Å². The summed E-state index contributed by atoms with van der Waals surface area (Å²) in [5, 5.41) is 8.24. The second-order valence-corrected chi connectivity index (χ2v) is 12.0. The van der Waals surface area contributed by atoms with E-state index in [1.807, 2.05) is 12.1 Å². The van der Waals surface area contributed by atoms with E-state index in [0.29, 0.717) is 0 Å². The highest BCUT2D eigenvalue weighted by Crippen LogP contribution is 2.39. The molecule has 1 aromatic heterocycles. The minimum absolute atomic E-state index is 0.0680. The molecule has 0 bridgehead atoms. The summed E-state index contributed by atoms with van der Waals surface area (Å²) in [7, 11) is 0. The first-order valence-electron chi connectivity index (χ1n) is 16.4. The molecule has 47 heavy (non-hydrogen) atoms. The van der Waals surface area contributed by atoms with E-state index in [4.69, 9.17) is 11.6 Å². The zero-order valence-electron chi connectivity index (χ0n) is 27.3. The predicted octanol–water partition coefficient (Wildman–Crippen LogP) is 10.1. The minimum atomic E-state index is -0.114. The lowest BCUT2D eigenvalue weighted by Crippen LogP contribution is -2.35. The third kappa shape index (κ3) is 5.26. The molecule has 0 radical (unpaired) electrons. The molecule has 1 aliphatic heterocycles. The lowest BCUT2D eigenvalue weighted by molar-refractivity contribution is 0.294. The van der Waals surface area contributed by atoms with Gasteiger partial charge in [-0.2, -0.15) is 0 Å². The van der Waals surface area contributed by atoms with Crippen LogP contribution in [0.2, 0.25) is 0 Å². The zero-order chi connectivity index (χ0) is 32.5. The second-order valence-electron chi connectivity index (χ2n) is 12.0. The topological polar surface area (TPSA) is 32.6 Å². The monoisotopic (exact) mass is 612 g/mol. The number of anilines is 1. The summed E-state index contributed by atoms with van der Waals surface area (Å²) in [6.07, 6.45) is 15.8. The van der Waals surface area contributed by atoms with Crippen LogP contribution in [0.25, 0.3) is 39.6 Å². The highest BCUT2D eigenvalue weighted by molar-refractivity contribution is 6.15. The molecule has 2 aliphatic rings. The molecule has 1 aliphatic carbocycles. The number of rotatable bonds is 9. The molecule has 4 heteroatoms. The van der Waals surface area contributed by atoms with Crippen LogP contribution >= 0.6 is 0 Å². The molecule has 0 saturated carbocycles. The van der Waals surface area contributed by atoms with E-state index in [2.05, 4.69) is 164 Å². The van der Waals surface area contributed by atoms with Gasteiger partial charge in [0.25, 0.3) is 0 Å². The van der Waals surface area contributed by atoms with Gasteiger partial charge in [-0.25, -0.2) is 0 Å². The lowest BCUT2D eigenvalue weighted by atomic mass is 9.98. The summed E-state index contributed by atoms with van der Waals surface area (Å²) < 4.78 is 2.36. The molecule has 232 valence electrons. The Kier molecular flexibility index (Phi) is 8.09. The van der Waals surface area contributed by atoms with Gasteiger partial charge < -0.3 is 14.8 Å². The van der Waals surface area contributed by atoms with Crippen molar-refractivity contribution in [2.75, 3.05) is 5.32 Å². The summed E-state index contributed by atoms with van der Waals surface area (Å²) in [6, 6.07) is 32.0. The standard InChI is InChI=1S/C43H40N4/c1-6-29(4)42(44-33-21-13-10-14-22-33)36-27-26-31-20-17-25-39-41(31)40(36)30(5)46(39)34(7-2)28-35(8-3)47-38-24-16-15-23-37(38)45-43(47)32-18-11-9-12-19-32/h6,8-28,38,43-44H,1,5,7H2,2-4H3/b34-28+,35-8+,42-29-. The third-order valence-electron chi connectivity index (χ3n) is 9.30. The average molecular weight is 613 g/mol. The molecule has 0 fully saturated rings. The molecule has 2 unspecified atom stereocenters. The van der Waals surface area contributed by atoms with Crippen molar-refractivity contribution in [2.24, 2.45) is 4.99 Å². The molecule has 0 spiro atoms. The summed E-state index contributed by atoms with van der Waals surface area (Å²) in [5.41, 5.74) is 9.97. The van der Waals surface area contributed by atoms with Gasteiger partial charge in [-0.1, -0.05) is 123 Å². The van der Waals surface area contributed by atoms with Gasteiger partial charge in [-0.3, -0.25) is 4.99 Å². The van der Waals surface area contributed by atoms with E-state index in [0.717, 1.165) is 56.6 Å². The normalized spacial score (nSPS) is 18.4. The largest absolute Gasteiger partial charge is 0.355 e. The number of allylic oxidation sites excluding steroid dienone is 7. The number of hydrogen-bond donors (Lipinski definition) is 1. The second kappa shape index (κ2) is 12.6. The molecule has 5 aromatic rings. The first-order chi connectivity index (χ1) is 23.0. The number of para-hydroxylation sites is 1. The van der Waals surface area contributed by atoms with Crippen molar-refractivity contribution in [3.63, 3.8) is 0 Å². The maximum absolute atomic E-state index is 5.21. The number of fused-ring (bicyclic) bond motifs is 1. The quantitative estimate of drug-likeness (QED) is 0.168. The van der Waals surface area contributed by atoms with Crippen molar-refractivity contribution in [3.05, 3.63) is 168 Å². The van der Waals surface area contributed by atoms with Gasteiger partial charge in [0, 0.05) is 44.5 Å². The average Bonchev–Trinajstić information content (AvgIpc) is 3.65. The summed E-state index contributed by atoms with van der Waals surface area (Å²) in [4.78, 5) is 7.65. The van der Waals surface area contributed by atoms with Crippen LogP contribution in [0, 0.1) is 0 Å². The molecule has 1 N–H and O–H groups in total. The van der Waals surface area contributed by atoms with Crippen molar-refractivity contribution in [3.8, 4) is 0 Å². The van der Waals surface area contributed by atoms with Gasteiger partial charge in [-0.05, 0) is 67.1 Å². The van der Waals surface area contributed by atoms with E-state index in [1.165, 1.54) is 22.0 Å². The van der Waals surface area contributed by atoms with Gasteiger partial charge in [0.1, 0.15) is 6.17 Å². The highest BCUT2D eigenvalue weighted by atomic mass is 15.3. The number of aliphatic imine (C=N–C) groups is 1. The highest BCUT2D eigenvalue weighted by Gasteiger charge is 2.36. The number of nitrogens with one attached hydrogen (secondary N) is 1. The molecule has 4 aromatic carbocycles. The van der Waals surface area contributed by atoms with Gasteiger partial charge in [-0.15, -0.1) is 0 Å². The van der Waals surface area contributed by atoms with E-state index in [-0.39, 0.29) is 12.2 Å². The van der Waals surface area contributed by atoms with Crippen LogP contribution in [-0.4, -0.2) is 21.2 Å². The zero-order valence-corrected chi connectivity index (χ0v) is 27.3. The number of nitrogens with zero attached hydrogens (tertiary/aromatic N) is 3. The van der Waals surface area contributed by atoms with Gasteiger partial charge in [0.15, 0.2) is 0 Å². The van der Waals surface area contributed by atoms with Gasteiger partial charge in [0.05, 0.1) is 17.3 Å². The molecular formula is C43H40N4. The molecule has 2 atom stereocenters. The smallest absolute Gasteiger partial charge is 0.148 e. The van der Waals surface area contributed by atoms with E-state index in [1.54, 1.807) is 0 Å². The summed E-state index contributed by atoms with van der Waals surface area (Å²) >= 11 is 0. The first-order valence-corrected chi connectivity index (χ1v) is 16.4. The Labute approximate surface area is 277 Å². The van der Waals surface area contributed by atoms with Crippen LogP contribution in [-0.2, 0) is 0 Å². The van der Waals surface area contributed by atoms with Crippen molar-refractivity contribution < 1.29 is 0 Å². The fraction of sp³-hybridized carbons (Fsp3) is 0.140. The Balaban J connectivity index is 1.40. The Hall–Kier alpha value is -5.61. The number of benzene rings is 4. The van der Waals surface area contributed by atoms with Crippen molar-refractivity contribution >= 4 is 51.0 Å². The molecular weight excluding hydrogens is 573 g/mol. The predicted molar refractivity (Wildman–Crippen MR) is 202 cm³/mol. The summed E-state index contributed by atoms with van der Waals surface area (Å²) in [5.74, 6) is 0. The summed E-state index contributed by atoms with van der Waals surface area (Å²) in [6.45, 7) is 15.4. The van der Waals surface area contributed by atoms with Crippen LogP contribution in [0.4, 0.5) is 5.69 Å². The van der Waals surface area contributed by atoms with Crippen LogP contribution in [0.3, 0.4) is 0 Å². The van der Waals surface area contributed by atoms with Gasteiger partial charge >= 0.3 is 0 Å². The SMILES string of the molecule is C=C/C(C)=C(\Nc1ccccc1)c1ccc2cccc3c2c1c(=C)n3/C(=C/C(=C\C)N1C2C=CC=CC2=NC1c1ccccc1)CC. The lowest BCUT2D eigenvalue weighted by Gasteiger charge is -2.32. The van der Waals surface area contributed by atoms with E-state index >= 15 is 0 Å². The van der Waals surface area contributed by atoms with E-state index in [9.17, 15) is 0 Å². The number of aromatic nitrogens is 1. The van der Waals surface area contributed by atoms with Crippen LogP contribution in [0.5, 0.6) is 0 Å². The van der Waals surface area contributed by atoms with Gasteiger partial charge in [0.2, 0.25) is 0 Å². The third-order valence-corrected chi connectivity index (χ3v) is 9.30. The maximum Gasteiger partial charge on any atom is 0.148 e. The maximum atomic E-state index is 5.21. The Morgan fingerprint density at radius 3 is 2.40 bits per heavy atom. The van der Waals surface area contributed by atoms with Crippen molar-refractivity contribution in [1.82, 2.24) is 9.47 Å². The Morgan fingerprint density at radius 1 is 0.915 bits per heavy atom. The van der Waals surface area contributed by atoms with Crippen molar-refractivity contribution in [2.45, 2.75) is 39.4 Å². The minimum Gasteiger partial charge on any atom is -0.355 e. The molecule has 0 saturated heterocycles. The van der Waals surface area contributed by atoms with Crippen molar-refractivity contribution in [1.29, 1.82) is 0 Å². The first kappa shape index (κ1) is 30.1. The molecule has 0 amide bonds. The fourth-order valence-corrected chi connectivity index (χ4v) is 6.98. The Morgan fingerprint density at radius 2 is 1.68 bits per heavy atom. The van der Waals surface area contributed by atoms with E-state index < -0.39 is 0 Å². The fourth-order valence-electron chi connectivity index (χ4n) is 6.98. The number of hydrogen-bond acceptors (Lipinski definition) is 3.